The highest BCUT2D eigenvalue weighted by Gasteiger charge is 2.35. The molecule has 0 saturated carbocycles. The molecule has 7 nitrogen and oxygen atoms in total. The van der Waals surface area contributed by atoms with Gasteiger partial charge in [0.25, 0.3) is 10.0 Å². The van der Waals surface area contributed by atoms with Crippen molar-refractivity contribution in [3.63, 3.8) is 0 Å². The van der Waals surface area contributed by atoms with Gasteiger partial charge in [-0.3, -0.25) is 13.9 Å². The van der Waals surface area contributed by atoms with E-state index in [2.05, 4.69) is 5.32 Å². The van der Waals surface area contributed by atoms with Gasteiger partial charge in [0, 0.05) is 24.0 Å². The Kier molecular flexibility index (Phi) is 11.4. The molecule has 0 saturated heterocycles. The minimum Gasteiger partial charge on any atom is -0.352 e. The van der Waals surface area contributed by atoms with Crippen molar-refractivity contribution in [3.05, 3.63) is 130 Å². The average Bonchev–Trinajstić information content (AvgIpc) is 3.02. The van der Waals surface area contributed by atoms with E-state index < -0.39 is 28.5 Å². The summed E-state index contributed by atoms with van der Waals surface area (Å²) in [7, 11) is -4.18. The topological polar surface area (TPSA) is 86.8 Å². The average molecular weight is 646 g/mol. The standard InChI is InChI=1S/C36H40ClN3O4S/c1-5-28(4)38-36(42)34(23-29-11-7-6-8-12-29)39(24-30-13-9-10-27(3)22-30)35(41)25-40(32-18-16-31(37)17-19-32)45(43,44)33-20-14-26(2)15-21-33/h6-22,28,34H,5,23-25H2,1-4H3,(H,38,42)/t28-,34+/m1/s1. The summed E-state index contributed by atoms with van der Waals surface area (Å²) in [6.45, 7) is 7.32. The normalized spacial score (nSPS) is 12.6. The zero-order valence-corrected chi connectivity index (χ0v) is 27.7. The molecule has 236 valence electrons. The number of halogens is 1. The molecule has 4 rings (SSSR count). The first-order valence-electron chi connectivity index (χ1n) is 15.0. The minimum atomic E-state index is -4.18. The second-order valence-electron chi connectivity index (χ2n) is 11.3. The maximum Gasteiger partial charge on any atom is 0.264 e. The summed E-state index contributed by atoms with van der Waals surface area (Å²) < 4.78 is 29.3. The molecule has 0 radical (unpaired) electrons. The molecule has 0 aliphatic rings. The number of anilines is 1. The molecule has 0 aromatic heterocycles. The third-order valence-electron chi connectivity index (χ3n) is 7.71. The first-order valence-corrected chi connectivity index (χ1v) is 16.8. The van der Waals surface area contributed by atoms with Gasteiger partial charge < -0.3 is 10.2 Å². The number of sulfonamides is 1. The highest BCUT2D eigenvalue weighted by atomic mass is 35.5. The maximum absolute atomic E-state index is 14.5. The third-order valence-corrected chi connectivity index (χ3v) is 9.75. The minimum absolute atomic E-state index is 0.0523. The Labute approximate surface area is 271 Å². The van der Waals surface area contributed by atoms with Crippen LogP contribution >= 0.6 is 11.6 Å². The SMILES string of the molecule is CC[C@@H](C)NC(=O)[C@H](Cc1ccccc1)N(Cc1cccc(C)c1)C(=O)CN(c1ccc(Cl)cc1)S(=O)(=O)c1ccc(C)cc1. The van der Waals surface area contributed by atoms with E-state index in [0.29, 0.717) is 5.02 Å². The van der Waals surface area contributed by atoms with Crippen LogP contribution in [0.2, 0.25) is 5.02 Å². The molecule has 0 aliphatic carbocycles. The van der Waals surface area contributed by atoms with Crippen LogP contribution in [0.15, 0.2) is 108 Å². The monoisotopic (exact) mass is 645 g/mol. The summed E-state index contributed by atoms with van der Waals surface area (Å²) >= 11 is 6.14. The number of carbonyl (C=O) groups is 2. The van der Waals surface area contributed by atoms with Crippen molar-refractivity contribution in [1.82, 2.24) is 10.2 Å². The van der Waals surface area contributed by atoms with E-state index in [1.54, 1.807) is 36.4 Å². The Morgan fingerprint density at radius 3 is 2.09 bits per heavy atom. The molecule has 1 N–H and O–H groups in total. The second kappa shape index (κ2) is 15.2. The molecule has 0 heterocycles. The predicted octanol–water partition coefficient (Wildman–Crippen LogP) is 6.71. The van der Waals surface area contributed by atoms with Crippen LogP contribution in [0.25, 0.3) is 0 Å². The van der Waals surface area contributed by atoms with E-state index in [0.717, 1.165) is 33.0 Å². The fourth-order valence-electron chi connectivity index (χ4n) is 4.98. The molecule has 0 aliphatic heterocycles. The van der Waals surface area contributed by atoms with Crippen LogP contribution in [0.4, 0.5) is 5.69 Å². The number of benzene rings is 4. The highest BCUT2D eigenvalue weighted by Crippen LogP contribution is 2.27. The van der Waals surface area contributed by atoms with E-state index >= 15 is 0 Å². The van der Waals surface area contributed by atoms with Crippen LogP contribution in [0.3, 0.4) is 0 Å². The van der Waals surface area contributed by atoms with Crippen molar-refractivity contribution in [2.75, 3.05) is 10.8 Å². The second-order valence-corrected chi connectivity index (χ2v) is 13.6. The predicted molar refractivity (Wildman–Crippen MR) is 181 cm³/mol. The molecular weight excluding hydrogens is 606 g/mol. The fourth-order valence-corrected chi connectivity index (χ4v) is 6.52. The molecular formula is C36H40ClN3O4S. The lowest BCUT2D eigenvalue weighted by atomic mass is 10.0. The van der Waals surface area contributed by atoms with Crippen molar-refractivity contribution in [2.45, 2.75) is 64.1 Å². The summed E-state index contributed by atoms with van der Waals surface area (Å²) in [6, 6.07) is 29.0. The molecule has 0 bridgehead atoms. The largest absolute Gasteiger partial charge is 0.352 e. The van der Waals surface area contributed by atoms with Gasteiger partial charge in [-0.25, -0.2) is 8.42 Å². The van der Waals surface area contributed by atoms with Crippen molar-refractivity contribution >= 4 is 39.1 Å². The molecule has 2 amide bonds. The van der Waals surface area contributed by atoms with Gasteiger partial charge >= 0.3 is 0 Å². The van der Waals surface area contributed by atoms with E-state index in [-0.39, 0.29) is 35.5 Å². The van der Waals surface area contributed by atoms with Crippen LogP contribution in [0, 0.1) is 13.8 Å². The van der Waals surface area contributed by atoms with Gasteiger partial charge in [-0.2, -0.15) is 0 Å². The Hall–Kier alpha value is -4.14. The maximum atomic E-state index is 14.5. The summed E-state index contributed by atoms with van der Waals surface area (Å²) in [4.78, 5) is 30.0. The summed E-state index contributed by atoms with van der Waals surface area (Å²) in [5, 5.41) is 3.49. The quantitative estimate of drug-likeness (QED) is 0.175. The Morgan fingerprint density at radius 1 is 0.822 bits per heavy atom. The van der Waals surface area contributed by atoms with Crippen molar-refractivity contribution < 1.29 is 18.0 Å². The van der Waals surface area contributed by atoms with Gasteiger partial charge in [-0.1, -0.05) is 96.4 Å². The number of aryl methyl sites for hydroxylation is 2. The number of nitrogens with one attached hydrogen (secondary N) is 1. The highest BCUT2D eigenvalue weighted by molar-refractivity contribution is 7.92. The molecule has 0 spiro atoms. The Bertz CT molecular complexity index is 1690. The van der Waals surface area contributed by atoms with Gasteiger partial charge in [-0.15, -0.1) is 0 Å². The zero-order valence-electron chi connectivity index (χ0n) is 26.1. The lowest BCUT2D eigenvalue weighted by molar-refractivity contribution is -0.140. The number of rotatable bonds is 13. The summed E-state index contributed by atoms with van der Waals surface area (Å²) in [5.41, 5.74) is 3.91. The van der Waals surface area contributed by atoms with E-state index in [1.165, 1.54) is 17.0 Å². The van der Waals surface area contributed by atoms with Gasteiger partial charge in [-0.05, 0) is 74.7 Å². The first-order chi connectivity index (χ1) is 21.5. The van der Waals surface area contributed by atoms with Crippen LogP contribution in [0.1, 0.15) is 42.5 Å². The zero-order chi connectivity index (χ0) is 32.6. The summed E-state index contributed by atoms with van der Waals surface area (Å²) in [5.74, 6) is -0.809. The van der Waals surface area contributed by atoms with Gasteiger partial charge in [0.15, 0.2) is 0 Å². The lowest BCUT2D eigenvalue weighted by Gasteiger charge is -2.34. The van der Waals surface area contributed by atoms with E-state index in [9.17, 15) is 18.0 Å². The number of carbonyl (C=O) groups excluding carboxylic acids is 2. The number of hydrogen-bond acceptors (Lipinski definition) is 4. The Morgan fingerprint density at radius 2 is 1.47 bits per heavy atom. The first kappa shape index (κ1) is 33.7. The fraction of sp³-hybridized carbons (Fsp3) is 0.278. The van der Waals surface area contributed by atoms with Gasteiger partial charge in [0.2, 0.25) is 11.8 Å². The number of hydrogen-bond donors (Lipinski definition) is 1. The summed E-state index contributed by atoms with van der Waals surface area (Å²) in [6.07, 6.45) is 0.973. The third kappa shape index (κ3) is 8.96. The molecule has 0 fully saturated rings. The molecule has 2 atom stereocenters. The van der Waals surface area contributed by atoms with Crippen molar-refractivity contribution in [3.8, 4) is 0 Å². The van der Waals surface area contributed by atoms with E-state index in [4.69, 9.17) is 11.6 Å². The molecule has 45 heavy (non-hydrogen) atoms. The van der Waals surface area contributed by atoms with Crippen molar-refractivity contribution in [2.24, 2.45) is 0 Å². The smallest absolute Gasteiger partial charge is 0.264 e. The van der Waals surface area contributed by atoms with Gasteiger partial charge in [0.05, 0.1) is 10.6 Å². The van der Waals surface area contributed by atoms with Crippen molar-refractivity contribution in [1.29, 1.82) is 0 Å². The van der Waals surface area contributed by atoms with Crippen LogP contribution in [-0.2, 0) is 32.6 Å². The van der Waals surface area contributed by atoms with Crippen LogP contribution in [0.5, 0.6) is 0 Å². The van der Waals surface area contributed by atoms with Crippen LogP contribution in [-0.4, -0.2) is 43.8 Å². The van der Waals surface area contributed by atoms with E-state index in [1.807, 2.05) is 82.3 Å². The number of amides is 2. The Balaban J connectivity index is 1.80. The lowest BCUT2D eigenvalue weighted by Crippen LogP contribution is -2.54. The van der Waals surface area contributed by atoms with Crippen LogP contribution < -0.4 is 9.62 Å². The number of nitrogens with zero attached hydrogens (tertiary/aromatic N) is 2. The molecule has 0 unspecified atom stereocenters. The molecule has 4 aromatic rings. The molecule has 4 aromatic carbocycles. The molecule has 9 heteroatoms. The van der Waals surface area contributed by atoms with Gasteiger partial charge in [0.1, 0.15) is 12.6 Å².